The highest BCUT2D eigenvalue weighted by molar-refractivity contribution is 8.01. The minimum absolute atomic E-state index is 0.744. The van der Waals surface area contributed by atoms with Crippen LogP contribution in [0.2, 0.25) is 0 Å². The molecule has 82 valence electrons. The zero-order valence-corrected chi connectivity index (χ0v) is 10.7. The summed E-state index contributed by atoms with van der Waals surface area (Å²) in [4.78, 5) is 0. The van der Waals surface area contributed by atoms with Gasteiger partial charge in [-0.1, -0.05) is 29.5 Å². The number of hydrogen-bond donors (Lipinski definition) is 0. The summed E-state index contributed by atoms with van der Waals surface area (Å²) < 4.78 is 5.35. The molecule has 16 heavy (non-hydrogen) atoms. The second-order valence-corrected chi connectivity index (χ2v) is 6.63. The van der Waals surface area contributed by atoms with E-state index in [0.29, 0.717) is 0 Å². The molecule has 0 fully saturated rings. The molecule has 1 aliphatic rings. The number of benzene rings is 1. The van der Waals surface area contributed by atoms with Crippen LogP contribution in [0.15, 0.2) is 41.3 Å². The van der Waals surface area contributed by atoms with Gasteiger partial charge in [0.2, 0.25) is 5.52 Å². The van der Waals surface area contributed by atoms with Crippen LogP contribution in [0.4, 0.5) is 0 Å². The molecule has 2 aromatic rings. The molecule has 0 aliphatic carbocycles. The molecule has 1 unspecified atom stereocenters. The summed E-state index contributed by atoms with van der Waals surface area (Å²) in [7, 11) is 0. The number of thiazole rings is 1. The number of hydrogen-bond acceptors (Lipinski definition) is 2. The molecule has 0 N–H and O–H groups in total. The molecule has 3 rings (SSSR count). The first-order valence-corrected chi connectivity index (χ1v) is 7.27. The average Bonchev–Trinajstić information content (AvgIpc) is 2.83. The van der Waals surface area contributed by atoms with Gasteiger partial charge in [-0.15, -0.1) is 6.58 Å². The smallest absolute Gasteiger partial charge is 0.175 e. The van der Waals surface area contributed by atoms with Gasteiger partial charge in [0.15, 0.2) is 6.54 Å². The lowest BCUT2D eigenvalue weighted by Gasteiger charge is -2.00. The monoisotopic (exact) mass is 248 g/mol. The Kier molecular flexibility index (Phi) is 2.74. The zero-order chi connectivity index (χ0) is 11.0. The van der Waals surface area contributed by atoms with Crippen molar-refractivity contribution >= 4 is 33.3 Å². The highest BCUT2D eigenvalue weighted by Crippen LogP contribution is 2.37. The number of thioether (sulfide) groups is 1. The number of allylic oxidation sites excluding steroid dienone is 1. The Labute approximate surface area is 104 Å². The first-order valence-electron chi connectivity index (χ1n) is 5.57. The second kappa shape index (κ2) is 4.22. The first kappa shape index (κ1) is 10.4. The van der Waals surface area contributed by atoms with Gasteiger partial charge in [0.05, 0.1) is 5.25 Å². The van der Waals surface area contributed by atoms with Crippen molar-refractivity contribution in [3.8, 4) is 0 Å². The van der Waals surface area contributed by atoms with Gasteiger partial charge in [-0.2, -0.15) is 4.57 Å². The van der Waals surface area contributed by atoms with E-state index >= 15 is 0 Å². The molecule has 2 heterocycles. The van der Waals surface area contributed by atoms with Gasteiger partial charge in [0, 0.05) is 6.07 Å². The Balaban J connectivity index is 1.90. The third kappa shape index (κ3) is 1.68. The lowest BCUT2D eigenvalue weighted by Crippen LogP contribution is -2.33. The SMILES string of the molecule is C=CCCC1C[n+]2c(sc3ccccc32)S1. The van der Waals surface area contributed by atoms with Gasteiger partial charge >= 0.3 is 0 Å². The summed E-state index contributed by atoms with van der Waals surface area (Å²) in [5.41, 5.74) is 1.40. The normalized spacial score (nSPS) is 18.9. The van der Waals surface area contributed by atoms with E-state index in [-0.39, 0.29) is 0 Å². The summed E-state index contributed by atoms with van der Waals surface area (Å²) in [6, 6.07) is 8.69. The topological polar surface area (TPSA) is 3.88 Å². The standard InChI is InChI=1S/C13H14NS2/c1-2-3-6-10-9-14-11-7-4-5-8-12(11)16-13(14)15-10/h2,4-5,7-8,10H,1,3,6,9H2/q+1. The van der Waals surface area contributed by atoms with Crippen molar-refractivity contribution in [3.63, 3.8) is 0 Å². The predicted octanol–water partition coefficient (Wildman–Crippen LogP) is 3.63. The number of nitrogens with zero attached hydrogens (tertiary/aromatic N) is 1. The summed E-state index contributed by atoms with van der Waals surface area (Å²) in [6.07, 6.45) is 4.40. The van der Waals surface area contributed by atoms with Crippen LogP contribution >= 0.6 is 23.1 Å². The van der Waals surface area contributed by atoms with Crippen molar-refractivity contribution in [2.45, 2.75) is 29.0 Å². The van der Waals surface area contributed by atoms with Gasteiger partial charge < -0.3 is 0 Å². The minimum atomic E-state index is 0.744. The van der Waals surface area contributed by atoms with E-state index in [0.717, 1.165) is 18.2 Å². The third-order valence-electron chi connectivity index (χ3n) is 2.92. The Hall–Kier alpha value is -0.800. The molecule has 1 nitrogen and oxygen atoms in total. The van der Waals surface area contributed by atoms with Gasteiger partial charge in [0.25, 0.3) is 4.34 Å². The van der Waals surface area contributed by atoms with Crippen LogP contribution in [0, 0.1) is 0 Å². The fourth-order valence-electron chi connectivity index (χ4n) is 2.11. The van der Waals surface area contributed by atoms with E-state index in [1.54, 1.807) is 0 Å². The predicted molar refractivity (Wildman–Crippen MR) is 71.1 cm³/mol. The molecule has 0 saturated heterocycles. The fourth-order valence-corrected chi connectivity index (χ4v) is 4.95. The number of aromatic nitrogens is 1. The molecule has 1 aromatic carbocycles. The van der Waals surface area contributed by atoms with E-state index < -0.39 is 0 Å². The zero-order valence-electron chi connectivity index (χ0n) is 9.06. The van der Waals surface area contributed by atoms with Crippen LogP contribution < -0.4 is 4.57 Å². The van der Waals surface area contributed by atoms with Crippen molar-refractivity contribution in [2.24, 2.45) is 0 Å². The quantitative estimate of drug-likeness (QED) is 0.592. The van der Waals surface area contributed by atoms with Crippen LogP contribution in [-0.4, -0.2) is 5.25 Å². The lowest BCUT2D eigenvalue weighted by atomic mass is 10.2. The average molecular weight is 248 g/mol. The van der Waals surface area contributed by atoms with Crippen molar-refractivity contribution in [3.05, 3.63) is 36.9 Å². The molecule has 1 aliphatic heterocycles. The number of rotatable bonds is 3. The molecular weight excluding hydrogens is 234 g/mol. The minimum Gasteiger partial charge on any atom is -0.175 e. The largest absolute Gasteiger partial charge is 0.298 e. The highest BCUT2D eigenvalue weighted by atomic mass is 32.2. The van der Waals surface area contributed by atoms with E-state index in [4.69, 9.17) is 0 Å². The van der Waals surface area contributed by atoms with Gasteiger partial charge in [0.1, 0.15) is 4.70 Å². The van der Waals surface area contributed by atoms with Crippen LogP contribution in [0.5, 0.6) is 0 Å². The maximum Gasteiger partial charge on any atom is 0.298 e. The molecule has 0 amide bonds. The Morgan fingerprint density at radius 3 is 3.19 bits per heavy atom. The maximum atomic E-state index is 3.79. The summed E-state index contributed by atoms with van der Waals surface area (Å²) >= 11 is 3.96. The molecule has 0 radical (unpaired) electrons. The van der Waals surface area contributed by atoms with Crippen molar-refractivity contribution < 1.29 is 4.57 Å². The van der Waals surface area contributed by atoms with E-state index in [1.807, 2.05) is 29.2 Å². The summed E-state index contributed by atoms with van der Waals surface area (Å²) in [6.45, 7) is 4.96. The van der Waals surface area contributed by atoms with Crippen molar-refractivity contribution in [2.75, 3.05) is 0 Å². The van der Waals surface area contributed by atoms with E-state index in [2.05, 4.69) is 35.4 Å². The van der Waals surface area contributed by atoms with Gasteiger partial charge in [-0.05, 0) is 30.7 Å². The van der Waals surface area contributed by atoms with Crippen LogP contribution in [0.25, 0.3) is 10.2 Å². The Morgan fingerprint density at radius 2 is 2.31 bits per heavy atom. The summed E-state index contributed by atoms with van der Waals surface area (Å²) in [5.74, 6) is 0. The van der Waals surface area contributed by atoms with E-state index in [9.17, 15) is 0 Å². The first-order chi connectivity index (χ1) is 7.88. The highest BCUT2D eigenvalue weighted by Gasteiger charge is 2.33. The molecule has 3 heteroatoms. The van der Waals surface area contributed by atoms with Gasteiger partial charge in [-0.25, -0.2) is 0 Å². The molecule has 0 spiro atoms. The second-order valence-electron chi connectivity index (χ2n) is 4.05. The van der Waals surface area contributed by atoms with Crippen molar-refractivity contribution in [1.82, 2.24) is 0 Å². The Bertz CT molecular complexity index is 530. The third-order valence-corrected chi connectivity index (χ3v) is 5.56. The molecule has 1 aromatic heterocycles. The van der Waals surface area contributed by atoms with Crippen LogP contribution in [0.3, 0.4) is 0 Å². The van der Waals surface area contributed by atoms with Crippen LogP contribution in [0.1, 0.15) is 12.8 Å². The Morgan fingerprint density at radius 1 is 1.44 bits per heavy atom. The maximum absolute atomic E-state index is 3.79. The van der Waals surface area contributed by atoms with E-state index in [1.165, 1.54) is 21.0 Å². The van der Waals surface area contributed by atoms with Gasteiger partial charge in [-0.3, -0.25) is 0 Å². The summed E-state index contributed by atoms with van der Waals surface area (Å²) in [5, 5.41) is 0.744. The molecule has 1 atom stereocenters. The lowest BCUT2D eigenvalue weighted by molar-refractivity contribution is -0.695. The molecule has 0 bridgehead atoms. The molecular formula is C13H14NS2+. The number of fused-ring (bicyclic) bond motifs is 3. The number of para-hydroxylation sites is 1. The fraction of sp³-hybridized carbons (Fsp3) is 0.308. The van der Waals surface area contributed by atoms with Crippen LogP contribution in [-0.2, 0) is 6.54 Å². The van der Waals surface area contributed by atoms with Crippen molar-refractivity contribution in [1.29, 1.82) is 0 Å². The molecule has 0 saturated carbocycles.